The second-order valence-electron chi connectivity index (χ2n) is 11.8. The molecule has 1 aromatic heterocycles. The van der Waals surface area contributed by atoms with E-state index in [9.17, 15) is 39.0 Å². The average molecular weight is 748 g/mol. The van der Waals surface area contributed by atoms with Gasteiger partial charge in [-0.05, 0) is 67.3 Å². The summed E-state index contributed by atoms with van der Waals surface area (Å²) < 4.78 is 1.29. The number of azo groups is 1. The van der Waals surface area contributed by atoms with Crippen LogP contribution in [0.5, 0.6) is 5.75 Å². The van der Waals surface area contributed by atoms with Crippen molar-refractivity contribution < 1.29 is 44.4 Å². The molecule has 278 valence electrons. The van der Waals surface area contributed by atoms with Crippen LogP contribution in [0.25, 0.3) is 16.8 Å². The van der Waals surface area contributed by atoms with Crippen molar-refractivity contribution in [1.82, 2.24) is 20.4 Å². The molecule has 0 spiro atoms. The number of hydrogen-bond donors (Lipinski definition) is 8. The van der Waals surface area contributed by atoms with E-state index in [1.165, 1.54) is 34.6 Å². The Hall–Kier alpha value is -6.27. The Morgan fingerprint density at radius 3 is 2.40 bits per heavy atom. The smallest absolute Gasteiger partial charge is 0.335 e. The minimum atomic E-state index is -1.27. The van der Waals surface area contributed by atoms with E-state index in [-0.39, 0.29) is 41.3 Å². The molecule has 18 heteroatoms. The van der Waals surface area contributed by atoms with Gasteiger partial charge in [-0.15, -0.1) is 10.2 Å². The van der Waals surface area contributed by atoms with Crippen molar-refractivity contribution in [3.05, 3.63) is 93.4 Å². The predicted molar refractivity (Wildman–Crippen MR) is 194 cm³/mol. The van der Waals surface area contributed by atoms with Gasteiger partial charge in [0.1, 0.15) is 24.3 Å². The average Bonchev–Trinajstić information content (AvgIpc) is 3.41. The van der Waals surface area contributed by atoms with Crippen LogP contribution in [0.3, 0.4) is 0 Å². The molecule has 0 radical (unpaired) electrons. The fraction of sp³-hybridized carbons (Fsp3) is 0.257. The highest BCUT2D eigenvalue weighted by molar-refractivity contribution is 7.98. The van der Waals surface area contributed by atoms with Crippen molar-refractivity contribution in [2.75, 3.05) is 12.3 Å². The Kier molecular flexibility index (Phi) is 13.3. The molecule has 0 aliphatic carbocycles. The molecule has 4 aromatic rings. The van der Waals surface area contributed by atoms with Crippen molar-refractivity contribution in [1.29, 1.82) is 0 Å². The molecule has 2 atom stereocenters. The normalized spacial score (nSPS) is 12.3. The lowest BCUT2D eigenvalue weighted by atomic mass is 10.0. The van der Waals surface area contributed by atoms with Crippen LogP contribution in [0.4, 0.5) is 11.4 Å². The first-order valence-corrected chi connectivity index (χ1v) is 17.2. The van der Waals surface area contributed by atoms with Crippen molar-refractivity contribution in [3.8, 4) is 22.6 Å². The van der Waals surface area contributed by atoms with Crippen LogP contribution in [0.1, 0.15) is 40.0 Å². The van der Waals surface area contributed by atoms with E-state index in [0.29, 0.717) is 28.3 Å². The molecule has 0 saturated heterocycles. The number of phenolic OH excluding ortho intramolecular Hbond substituents is 1. The summed E-state index contributed by atoms with van der Waals surface area (Å²) in [5.74, 6) is -4.77. The molecule has 3 aromatic carbocycles. The van der Waals surface area contributed by atoms with Crippen molar-refractivity contribution in [2.24, 2.45) is 16.0 Å². The Morgan fingerprint density at radius 1 is 0.981 bits per heavy atom. The summed E-state index contributed by atoms with van der Waals surface area (Å²) in [7, 11) is 0. The van der Waals surface area contributed by atoms with E-state index < -0.39 is 53.9 Å². The van der Waals surface area contributed by atoms with Crippen LogP contribution in [0.15, 0.2) is 75.7 Å². The zero-order valence-corrected chi connectivity index (χ0v) is 29.3. The summed E-state index contributed by atoms with van der Waals surface area (Å²) in [6.07, 6.45) is -0.398. The Balaban J connectivity index is 1.46. The van der Waals surface area contributed by atoms with E-state index in [4.69, 9.17) is 15.9 Å². The summed E-state index contributed by atoms with van der Waals surface area (Å²) in [4.78, 5) is 71.8. The van der Waals surface area contributed by atoms with Crippen LogP contribution in [-0.4, -0.2) is 84.3 Å². The maximum Gasteiger partial charge on any atom is 0.335 e. The number of carbonyl (C=O) groups is 5. The van der Waals surface area contributed by atoms with Gasteiger partial charge in [0.15, 0.2) is 11.4 Å². The molecular weight excluding hydrogens is 710 g/mol. The number of hydrogen-bond acceptors (Lipinski definition) is 11. The van der Waals surface area contributed by atoms with Crippen molar-refractivity contribution in [2.45, 2.75) is 44.5 Å². The van der Waals surface area contributed by atoms with Gasteiger partial charge in [0.05, 0.1) is 16.9 Å². The van der Waals surface area contributed by atoms with Gasteiger partial charge in [0.25, 0.3) is 5.56 Å². The summed E-state index contributed by atoms with van der Waals surface area (Å²) in [6, 6.07) is 13.7. The van der Waals surface area contributed by atoms with Gasteiger partial charge in [-0.3, -0.25) is 29.1 Å². The molecule has 0 fully saturated rings. The minimum Gasteiger partial charge on any atom is -0.505 e. The fourth-order valence-corrected chi connectivity index (χ4v) is 6.15. The number of rotatable bonds is 17. The van der Waals surface area contributed by atoms with Crippen LogP contribution in [0, 0.1) is 13.8 Å². The number of aromatic carboxylic acids is 1. The standard InChI is InChI=1S/C35H37N7O10S/c1-18-13-23(10-9-22(18)16-53-17-27(32(47)37-15-29(44)45)38-28(43)12-11-25(36)35(51)52)42-33(48)30(19(2)41-42)40-39-26-8-4-7-24(31(26)46)20-5-3-6-21(14-20)34(49)50/h3-10,13-14,25,27,41,46H,11-12,15-17,36H2,1-2H3,(H,37,47)(H,38,43)(H,44,45)(H,49,50)(H,51,52). The molecule has 53 heavy (non-hydrogen) atoms. The molecule has 0 saturated carbocycles. The molecule has 0 aliphatic heterocycles. The van der Waals surface area contributed by atoms with E-state index >= 15 is 0 Å². The number of benzene rings is 3. The van der Waals surface area contributed by atoms with Gasteiger partial charge in [-0.25, -0.2) is 9.48 Å². The van der Waals surface area contributed by atoms with Crippen LogP contribution in [0.2, 0.25) is 0 Å². The Morgan fingerprint density at radius 2 is 1.72 bits per heavy atom. The predicted octanol–water partition coefficient (Wildman–Crippen LogP) is 3.38. The molecule has 4 rings (SSSR count). The minimum absolute atomic E-state index is 0.000769. The van der Waals surface area contributed by atoms with Crippen molar-refractivity contribution in [3.63, 3.8) is 0 Å². The van der Waals surface area contributed by atoms with E-state index in [1.807, 2.05) is 6.92 Å². The number of aromatic hydroxyl groups is 1. The Labute approximate surface area is 305 Å². The number of para-hydroxylation sites is 1. The maximum absolute atomic E-state index is 13.4. The van der Waals surface area contributed by atoms with E-state index in [2.05, 4.69) is 26.0 Å². The fourth-order valence-electron chi connectivity index (χ4n) is 5.02. The number of phenols is 1. The molecule has 1 heterocycles. The zero-order chi connectivity index (χ0) is 38.8. The maximum atomic E-state index is 13.4. The second kappa shape index (κ2) is 17.8. The number of thioether (sulfide) groups is 1. The summed E-state index contributed by atoms with van der Waals surface area (Å²) >= 11 is 1.29. The quantitative estimate of drug-likeness (QED) is 0.0722. The second-order valence-corrected chi connectivity index (χ2v) is 12.9. The topological polar surface area (TPSA) is 279 Å². The SMILES string of the molecule is Cc1cc(-n2[nH]c(C)c(N=Nc3cccc(-c4cccc(C(=O)O)c4)c3O)c2=O)ccc1CSCC(NC(=O)CCC(N)C(=O)O)C(=O)NCC(=O)O. The number of aryl methyl sites for hydroxylation is 2. The highest BCUT2D eigenvalue weighted by Crippen LogP contribution is 2.38. The van der Waals surface area contributed by atoms with Gasteiger partial charge in [-0.2, -0.15) is 11.8 Å². The van der Waals surface area contributed by atoms with Gasteiger partial charge >= 0.3 is 17.9 Å². The molecule has 2 unspecified atom stereocenters. The highest BCUT2D eigenvalue weighted by Gasteiger charge is 2.23. The third-order valence-corrected chi connectivity index (χ3v) is 9.01. The monoisotopic (exact) mass is 747 g/mol. The van der Waals surface area contributed by atoms with Gasteiger partial charge in [-0.1, -0.05) is 30.3 Å². The zero-order valence-electron chi connectivity index (χ0n) is 28.5. The molecule has 9 N–H and O–H groups in total. The number of aromatic amines is 1. The van der Waals surface area contributed by atoms with Crippen LogP contribution < -0.4 is 21.9 Å². The third-order valence-electron chi connectivity index (χ3n) is 7.92. The first-order chi connectivity index (χ1) is 25.2. The lowest BCUT2D eigenvalue weighted by molar-refractivity contribution is -0.139. The number of amides is 2. The number of nitrogens with two attached hydrogens (primary N) is 1. The number of H-pyrrole nitrogens is 1. The number of carboxylic acids is 3. The summed E-state index contributed by atoms with van der Waals surface area (Å²) in [6.45, 7) is 2.81. The van der Waals surface area contributed by atoms with Crippen molar-refractivity contribution >= 4 is 52.9 Å². The molecule has 17 nitrogen and oxygen atoms in total. The first kappa shape index (κ1) is 39.5. The lowest BCUT2D eigenvalue weighted by Gasteiger charge is -2.18. The summed E-state index contributed by atoms with van der Waals surface area (Å²) in [5, 5.41) is 54.1. The molecule has 0 aliphatic rings. The van der Waals surface area contributed by atoms with Gasteiger partial charge < -0.3 is 36.8 Å². The van der Waals surface area contributed by atoms with Gasteiger partial charge in [0, 0.05) is 23.5 Å². The number of aliphatic carboxylic acids is 2. The van der Waals surface area contributed by atoms with Crippen LogP contribution >= 0.6 is 11.8 Å². The number of nitrogens with zero attached hydrogens (tertiary/aromatic N) is 3. The van der Waals surface area contributed by atoms with E-state index in [0.717, 1.165) is 11.1 Å². The van der Waals surface area contributed by atoms with Crippen LogP contribution in [-0.2, 0) is 24.9 Å². The largest absolute Gasteiger partial charge is 0.505 e. The third kappa shape index (κ3) is 10.4. The van der Waals surface area contributed by atoms with Gasteiger partial charge in [0.2, 0.25) is 11.8 Å². The number of aromatic nitrogens is 2. The molecule has 2 amide bonds. The van der Waals surface area contributed by atoms with E-state index in [1.54, 1.807) is 49.4 Å². The first-order valence-electron chi connectivity index (χ1n) is 16.0. The number of nitrogens with one attached hydrogen (secondary N) is 3. The lowest BCUT2D eigenvalue weighted by Crippen LogP contribution is -2.49. The Bertz CT molecular complexity index is 2130. The molecular formula is C35H37N7O10S. The number of carboxylic acid groups (broad SMARTS) is 3. The summed E-state index contributed by atoms with van der Waals surface area (Å²) in [5.41, 5.74) is 8.39. The number of carbonyl (C=O) groups excluding carboxylic acids is 2. The molecule has 0 bridgehead atoms. The highest BCUT2D eigenvalue weighted by atomic mass is 32.2.